The highest BCUT2D eigenvalue weighted by atomic mass is 16.3. The van der Waals surface area contributed by atoms with E-state index < -0.39 is 0 Å². The number of β-amino-alcohol motifs (C(OH)–C–C–N with tert-alkyl or cyclic N) is 1. The van der Waals surface area contributed by atoms with Gasteiger partial charge in [0.1, 0.15) is 0 Å². The maximum absolute atomic E-state index is 10.3. The minimum atomic E-state index is -0.278. The number of hydrogen-bond donors (Lipinski definition) is 2. The van der Waals surface area contributed by atoms with E-state index in [4.69, 9.17) is 0 Å². The van der Waals surface area contributed by atoms with E-state index in [2.05, 4.69) is 52.5 Å². The average molecular weight is 289 g/mol. The summed E-state index contributed by atoms with van der Waals surface area (Å²) in [6, 6.07) is 11.7. The number of aliphatic hydroxyl groups is 1. The van der Waals surface area contributed by atoms with Gasteiger partial charge in [-0.3, -0.25) is 4.90 Å². The Hall–Kier alpha value is -0.940. The smallest absolute Gasteiger partial charge is 0.0791 e. The molecule has 0 aromatic heterocycles. The standard InChI is InChI=1S/C17H27N3O/c1-19-9-10-20(12-16(21)11-18-15-7-8-15)17(13-19)14-5-3-2-4-6-14/h2-6,15-18,21H,7-13H2,1H3. The van der Waals surface area contributed by atoms with E-state index in [1.165, 1.54) is 18.4 Å². The Balaban J connectivity index is 1.60. The molecule has 3 rings (SSSR count). The van der Waals surface area contributed by atoms with Crippen LogP contribution in [0.4, 0.5) is 0 Å². The van der Waals surface area contributed by atoms with Crippen molar-refractivity contribution in [2.24, 2.45) is 0 Å². The molecule has 1 aliphatic carbocycles. The molecule has 1 aromatic rings. The van der Waals surface area contributed by atoms with Gasteiger partial charge in [0, 0.05) is 44.8 Å². The van der Waals surface area contributed by atoms with Gasteiger partial charge in [-0.05, 0) is 25.5 Å². The summed E-state index contributed by atoms with van der Waals surface area (Å²) < 4.78 is 0. The van der Waals surface area contributed by atoms with Crippen LogP contribution in [-0.2, 0) is 0 Å². The lowest BCUT2D eigenvalue weighted by atomic mass is 10.0. The maximum atomic E-state index is 10.3. The zero-order chi connectivity index (χ0) is 14.7. The second kappa shape index (κ2) is 6.88. The minimum absolute atomic E-state index is 0.278. The second-order valence-electron chi connectivity index (χ2n) is 6.52. The summed E-state index contributed by atoms with van der Waals surface area (Å²) in [5.41, 5.74) is 1.35. The number of aliphatic hydroxyl groups excluding tert-OH is 1. The van der Waals surface area contributed by atoms with Crippen molar-refractivity contribution >= 4 is 0 Å². The van der Waals surface area contributed by atoms with Crippen LogP contribution in [0, 0.1) is 0 Å². The highest BCUT2D eigenvalue weighted by Crippen LogP contribution is 2.25. The van der Waals surface area contributed by atoms with E-state index in [1.54, 1.807) is 0 Å². The van der Waals surface area contributed by atoms with Gasteiger partial charge in [-0.1, -0.05) is 30.3 Å². The molecule has 2 fully saturated rings. The Morgan fingerprint density at radius 1 is 1.24 bits per heavy atom. The Kier molecular flexibility index (Phi) is 4.91. The number of nitrogens with one attached hydrogen (secondary N) is 1. The Morgan fingerprint density at radius 2 is 2.00 bits per heavy atom. The molecule has 1 saturated heterocycles. The lowest BCUT2D eigenvalue weighted by Gasteiger charge is -2.41. The molecule has 4 nitrogen and oxygen atoms in total. The molecule has 0 amide bonds. The van der Waals surface area contributed by atoms with Crippen molar-refractivity contribution in [2.75, 3.05) is 39.8 Å². The van der Waals surface area contributed by atoms with Crippen LogP contribution in [0.5, 0.6) is 0 Å². The van der Waals surface area contributed by atoms with E-state index in [0.717, 1.165) is 32.7 Å². The van der Waals surface area contributed by atoms with Gasteiger partial charge in [-0.2, -0.15) is 0 Å². The molecule has 2 aliphatic rings. The van der Waals surface area contributed by atoms with Gasteiger partial charge in [0.05, 0.1) is 6.10 Å². The van der Waals surface area contributed by atoms with Crippen molar-refractivity contribution in [3.8, 4) is 0 Å². The van der Waals surface area contributed by atoms with Crippen LogP contribution in [0.2, 0.25) is 0 Å². The third-order valence-electron chi connectivity index (χ3n) is 4.54. The Bertz CT molecular complexity index is 435. The van der Waals surface area contributed by atoms with Crippen molar-refractivity contribution in [3.63, 3.8) is 0 Å². The maximum Gasteiger partial charge on any atom is 0.0791 e. The van der Waals surface area contributed by atoms with Crippen LogP contribution in [-0.4, -0.2) is 66.8 Å². The van der Waals surface area contributed by atoms with E-state index in [-0.39, 0.29) is 6.10 Å². The predicted molar refractivity (Wildman–Crippen MR) is 85.3 cm³/mol. The van der Waals surface area contributed by atoms with E-state index in [9.17, 15) is 5.11 Å². The van der Waals surface area contributed by atoms with Crippen molar-refractivity contribution in [3.05, 3.63) is 35.9 Å². The molecule has 1 aromatic carbocycles. The third kappa shape index (κ3) is 4.27. The van der Waals surface area contributed by atoms with E-state index >= 15 is 0 Å². The molecule has 116 valence electrons. The van der Waals surface area contributed by atoms with Crippen molar-refractivity contribution in [1.29, 1.82) is 0 Å². The quantitative estimate of drug-likeness (QED) is 0.822. The van der Waals surface area contributed by atoms with Crippen LogP contribution in [0.15, 0.2) is 30.3 Å². The van der Waals surface area contributed by atoms with Crippen LogP contribution in [0.1, 0.15) is 24.4 Å². The normalized spacial score (nSPS) is 25.9. The second-order valence-corrected chi connectivity index (χ2v) is 6.52. The third-order valence-corrected chi connectivity index (χ3v) is 4.54. The fourth-order valence-electron chi connectivity index (χ4n) is 3.09. The molecule has 4 heteroatoms. The van der Waals surface area contributed by atoms with Gasteiger partial charge in [0.25, 0.3) is 0 Å². The van der Waals surface area contributed by atoms with Crippen LogP contribution in [0.25, 0.3) is 0 Å². The molecule has 1 aliphatic heterocycles. The largest absolute Gasteiger partial charge is 0.390 e. The summed E-state index contributed by atoms with van der Waals surface area (Å²) in [5.74, 6) is 0. The lowest BCUT2D eigenvalue weighted by molar-refractivity contribution is 0.0405. The molecule has 1 heterocycles. The summed E-state index contributed by atoms with van der Waals surface area (Å²) >= 11 is 0. The molecule has 0 bridgehead atoms. The molecule has 0 spiro atoms. The van der Waals surface area contributed by atoms with Gasteiger partial charge in [0.2, 0.25) is 0 Å². The SMILES string of the molecule is CN1CCN(CC(O)CNC2CC2)C(c2ccccc2)C1. The molecular formula is C17H27N3O. The summed E-state index contributed by atoms with van der Waals surface area (Å²) in [6.45, 7) is 4.61. The molecule has 0 radical (unpaired) electrons. The number of benzene rings is 1. The monoisotopic (exact) mass is 289 g/mol. The fourth-order valence-corrected chi connectivity index (χ4v) is 3.09. The molecule has 2 atom stereocenters. The molecule has 2 N–H and O–H groups in total. The van der Waals surface area contributed by atoms with E-state index in [1.807, 2.05) is 0 Å². The number of rotatable bonds is 6. The van der Waals surface area contributed by atoms with Gasteiger partial charge >= 0.3 is 0 Å². The summed E-state index contributed by atoms with van der Waals surface area (Å²) in [5, 5.41) is 13.7. The van der Waals surface area contributed by atoms with Crippen molar-refractivity contribution < 1.29 is 5.11 Å². The highest BCUT2D eigenvalue weighted by Gasteiger charge is 2.28. The summed E-state index contributed by atoms with van der Waals surface area (Å²) in [6.07, 6.45) is 2.27. The molecular weight excluding hydrogens is 262 g/mol. The van der Waals surface area contributed by atoms with Crippen LogP contribution in [0.3, 0.4) is 0 Å². The molecule has 21 heavy (non-hydrogen) atoms. The van der Waals surface area contributed by atoms with Crippen LogP contribution < -0.4 is 5.32 Å². The van der Waals surface area contributed by atoms with Crippen molar-refractivity contribution in [2.45, 2.75) is 31.0 Å². The highest BCUT2D eigenvalue weighted by molar-refractivity contribution is 5.20. The number of nitrogens with zero attached hydrogens (tertiary/aromatic N) is 2. The number of likely N-dealkylation sites (N-methyl/N-ethyl adjacent to an activating group) is 1. The van der Waals surface area contributed by atoms with Gasteiger partial charge < -0.3 is 15.3 Å². The lowest BCUT2D eigenvalue weighted by Crippen LogP contribution is -2.50. The summed E-state index contributed by atoms with van der Waals surface area (Å²) in [7, 11) is 2.18. The Morgan fingerprint density at radius 3 is 2.71 bits per heavy atom. The average Bonchev–Trinajstić information content (AvgIpc) is 3.32. The zero-order valence-electron chi connectivity index (χ0n) is 12.9. The van der Waals surface area contributed by atoms with Crippen molar-refractivity contribution in [1.82, 2.24) is 15.1 Å². The first-order valence-electron chi connectivity index (χ1n) is 8.11. The van der Waals surface area contributed by atoms with Crippen LogP contribution >= 0.6 is 0 Å². The Labute approximate surface area is 127 Å². The predicted octanol–water partition coefficient (Wildman–Crippen LogP) is 1.09. The first-order valence-corrected chi connectivity index (χ1v) is 8.11. The summed E-state index contributed by atoms with van der Waals surface area (Å²) in [4.78, 5) is 4.82. The zero-order valence-corrected chi connectivity index (χ0v) is 12.9. The molecule has 1 saturated carbocycles. The fraction of sp³-hybridized carbons (Fsp3) is 0.647. The topological polar surface area (TPSA) is 38.7 Å². The van der Waals surface area contributed by atoms with Gasteiger partial charge in [0.15, 0.2) is 0 Å². The number of hydrogen-bond acceptors (Lipinski definition) is 4. The first kappa shape index (κ1) is 15.0. The molecule has 2 unspecified atom stereocenters. The van der Waals surface area contributed by atoms with Gasteiger partial charge in [-0.15, -0.1) is 0 Å². The van der Waals surface area contributed by atoms with Gasteiger partial charge in [-0.25, -0.2) is 0 Å². The first-order chi connectivity index (χ1) is 10.2. The van der Waals surface area contributed by atoms with E-state index in [0.29, 0.717) is 12.1 Å². The minimum Gasteiger partial charge on any atom is -0.390 e. The number of piperazine rings is 1.